The predicted octanol–water partition coefficient (Wildman–Crippen LogP) is -0.951. The SMILES string of the molecule is Cn1cc(S(=O)(=O)NCCCS(C)=O)c(N)n1. The van der Waals surface area contributed by atoms with Gasteiger partial charge in [-0.1, -0.05) is 0 Å². The van der Waals surface area contributed by atoms with Gasteiger partial charge in [-0.25, -0.2) is 13.1 Å². The number of hydrogen-bond donors (Lipinski definition) is 2. The van der Waals surface area contributed by atoms with Crippen molar-refractivity contribution >= 4 is 26.6 Å². The number of sulfonamides is 1. The van der Waals surface area contributed by atoms with E-state index in [1.54, 1.807) is 13.3 Å². The van der Waals surface area contributed by atoms with Crippen LogP contribution in [0.3, 0.4) is 0 Å². The standard InChI is InChI=1S/C8H16N4O3S2/c1-12-6-7(8(9)11-12)17(14,15)10-4-3-5-16(2)13/h6,10H,3-5H2,1-2H3,(H2,9,11). The highest BCUT2D eigenvalue weighted by atomic mass is 32.2. The lowest BCUT2D eigenvalue weighted by Gasteiger charge is -2.04. The first kappa shape index (κ1) is 14.1. The van der Waals surface area contributed by atoms with Crippen molar-refractivity contribution in [3.63, 3.8) is 0 Å². The number of hydrogen-bond acceptors (Lipinski definition) is 5. The zero-order chi connectivity index (χ0) is 13.1. The zero-order valence-electron chi connectivity index (χ0n) is 9.71. The van der Waals surface area contributed by atoms with Gasteiger partial charge in [-0.05, 0) is 6.42 Å². The van der Waals surface area contributed by atoms with Crippen LogP contribution in [0.1, 0.15) is 6.42 Å². The van der Waals surface area contributed by atoms with Crippen LogP contribution in [0, 0.1) is 0 Å². The number of aryl methyl sites for hydroxylation is 1. The monoisotopic (exact) mass is 280 g/mol. The topological polar surface area (TPSA) is 107 Å². The van der Waals surface area contributed by atoms with Crippen LogP contribution in [0.2, 0.25) is 0 Å². The van der Waals surface area contributed by atoms with Crippen LogP contribution in [0.4, 0.5) is 5.82 Å². The lowest BCUT2D eigenvalue weighted by atomic mass is 10.5. The summed E-state index contributed by atoms with van der Waals surface area (Å²) in [5.74, 6) is 0.435. The molecule has 0 fully saturated rings. The summed E-state index contributed by atoms with van der Waals surface area (Å²) in [6.07, 6.45) is 3.44. The van der Waals surface area contributed by atoms with Gasteiger partial charge in [0.2, 0.25) is 10.0 Å². The van der Waals surface area contributed by atoms with E-state index >= 15 is 0 Å². The van der Waals surface area contributed by atoms with Crippen molar-refractivity contribution in [2.75, 3.05) is 24.3 Å². The van der Waals surface area contributed by atoms with Gasteiger partial charge < -0.3 is 5.73 Å². The Morgan fingerprint density at radius 2 is 2.24 bits per heavy atom. The molecule has 0 saturated carbocycles. The molecule has 0 radical (unpaired) electrons. The van der Waals surface area contributed by atoms with Gasteiger partial charge in [0.15, 0.2) is 5.82 Å². The van der Waals surface area contributed by atoms with Gasteiger partial charge in [0.25, 0.3) is 0 Å². The van der Waals surface area contributed by atoms with Crippen molar-refractivity contribution in [2.45, 2.75) is 11.3 Å². The molecule has 0 amide bonds. The highest BCUT2D eigenvalue weighted by Crippen LogP contribution is 2.14. The van der Waals surface area contributed by atoms with Gasteiger partial charge in [0, 0.05) is 42.6 Å². The molecule has 0 aromatic carbocycles. The fourth-order valence-electron chi connectivity index (χ4n) is 1.25. The van der Waals surface area contributed by atoms with Crippen molar-refractivity contribution in [3.05, 3.63) is 6.20 Å². The van der Waals surface area contributed by atoms with E-state index in [0.29, 0.717) is 12.2 Å². The number of nitrogens with one attached hydrogen (secondary N) is 1. The van der Waals surface area contributed by atoms with Crippen LogP contribution < -0.4 is 10.5 Å². The van der Waals surface area contributed by atoms with Crippen molar-refractivity contribution in [2.24, 2.45) is 7.05 Å². The molecule has 0 bridgehead atoms. The van der Waals surface area contributed by atoms with Crippen LogP contribution in [-0.2, 0) is 27.9 Å². The molecule has 17 heavy (non-hydrogen) atoms. The minimum Gasteiger partial charge on any atom is -0.381 e. The molecule has 7 nitrogen and oxygen atoms in total. The Labute approximate surface area is 103 Å². The summed E-state index contributed by atoms with van der Waals surface area (Å²) in [6, 6.07) is 0. The normalized spacial score (nSPS) is 13.8. The van der Waals surface area contributed by atoms with Crippen LogP contribution in [-0.4, -0.2) is 41.0 Å². The zero-order valence-corrected chi connectivity index (χ0v) is 11.3. The molecule has 1 unspecified atom stereocenters. The highest BCUT2D eigenvalue weighted by molar-refractivity contribution is 7.89. The first-order valence-corrected chi connectivity index (χ1v) is 8.13. The molecule has 0 saturated heterocycles. The largest absolute Gasteiger partial charge is 0.381 e. The number of anilines is 1. The van der Waals surface area contributed by atoms with Crippen molar-refractivity contribution in [1.29, 1.82) is 0 Å². The molecule has 1 heterocycles. The highest BCUT2D eigenvalue weighted by Gasteiger charge is 2.19. The Kier molecular flexibility index (Phi) is 4.66. The summed E-state index contributed by atoms with van der Waals surface area (Å²) in [7, 11) is -2.95. The van der Waals surface area contributed by atoms with E-state index in [-0.39, 0.29) is 17.3 Å². The Balaban J connectivity index is 2.63. The summed E-state index contributed by atoms with van der Waals surface area (Å²) < 4.78 is 38.1. The third-order valence-electron chi connectivity index (χ3n) is 2.01. The molecule has 1 atom stereocenters. The molecule has 9 heteroatoms. The van der Waals surface area contributed by atoms with E-state index in [1.165, 1.54) is 10.9 Å². The summed E-state index contributed by atoms with van der Waals surface area (Å²) in [4.78, 5) is -0.0300. The number of nitrogens with zero attached hydrogens (tertiary/aromatic N) is 2. The predicted molar refractivity (Wildman–Crippen MR) is 66.4 cm³/mol. The minimum absolute atomic E-state index is 0.0286. The number of aromatic nitrogens is 2. The lowest BCUT2D eigenvalue weighted by Crippen LogP contribution is -2.26. The van der Waals surface area contributed by atoms with Crippen molar-refractivity contribution in [3.8, 4) is 0 Å². The second-order valence-electron chi connectivity index (χ2n) is 3.58. The van der Waals surface area contributed by atoms with Gasteiger partial charge in [0.1, 0.15) is 4.90 Å². The molecule has 98 valence electrons. The Hall–Kier alpha value is -0.930. The maximum absolute atomic E-state index is 11.8. The quantitative estimate of drug-likeness (QED) is 0.653. The van der Waals surface area contributed by atoms with E-state index in [0.717, 1.165) is 0 Å². The molecule has 0 spiro atoms. The molecular formula is C8H16N4O3S2. The molecule has 0 aliphatic rings. The van der Waals surface area contributed by atoms with Crippen LogP contribution >= 0.6 is 0 Å². The fraction of sp³-hybridized carbons (Fsp3) is 0.625. The second kappa shape index (κ2) is 5.61. The maximum atomic E-state index is 11.8. The summed E-state index contributed by atoms with van der Waals surface area (Å²) in [5.41, 5.74) is 5.48. The average Bonchev–Trinajstić information content (AvgIpc) is 2.53. The average molecular weight is 280 g/mol. The van der Waals surface area contributed by atoms with E-state index in [4.69, 9.17) is 5.73 Å². The van der Waals surface area contributed by atoms with E-state index in [9.17, 15) is 12.6 Å². The Morgan fingerprint density at radius 1 is 1.59 bits per heavy atom. The van der Waals surface area contributed by atoms with Crippen LogP contribution in [0.25, 0.3) is 0 Å². The molecule has 1 rings (SSSR count). The summed E-state index contributed by atoms with van der Waals surface area (Å²) in [6.45, 7) is 0.232. The van der Waals surface area contributed by atoms with Gasteiger partial charge in [-0.3, -0.25) is 8.89 Å². The molecule has 1 aromatic heterocycles. The summed E-state index contributed by atoms with van der Waals surface area (Å²) in [5, 5.41) is 3.76. The molecule has 1 aromatic rings. The van der Waals surface area contributed by atoms with Crippen LogP contribution in [0.15, 0.2) is 11.1 Å². The third-order valence-corrected chi connectivity index (χ3v) is 4.35. The van der Waals surface area contributed by atoms with Gasteiger partial charge >= 0.3 is 0 Å². The summed E-state index contributed by atoms with van der Waals surface area (Å²) >= 11 is 0. The first-order valence-electron chi connectivity index (χ1n) is 4.92. The lowest BCUT2D eigenvalue weighted by molar-refractivity contribution is 0.581. The second-order valence-corrected chi connectivity index (χ2v) is 6.87. The molecule has 0 aliphatic heterocycles. The van der Waals surface area contributed by atoms with Crippen molar-refractivity contribution < 1.29 is 12.6 Å². The van der Waals surface area contributed by atoms with Gasteiger partial charge in [0.05, 0.1) is 0 Å². The van der Waals surface area contributed by atoms with E-state index < -0.39 is 20.8 Å². The Bertz CT molecular complexity index is 509. The smallest absolute Gasteiger partial charge is 0.245 e. The van der Waals surface area contributed by atoms with E-state index in [2.05, 4.69) is 9.82 Å². The minimum atomic E-state index is -3.63. The van der Waals surface area contributed by atoms with E-state index in [1.807, 2.05) is 0 Å². The first-order chi connectivity index (χ1) is 7.83. The number of nitrogens with two attached hydrogens (primary N) is 1. The maximum Gasteiger partial charge on any atom is 0.245 e. The fourth-order valence-corrected chi connectivity index (χ4v) is 2.98. The number of nitrogen functional groups attached to an aromatic ring is 1. The van der Waals surface area contributed by atoms with Crippen molar-refractivity contribution in [1.82, 2.24) is 14.5 Å². The molecule has 0 aliphatic carbocycles. The van der Waals surface area contributed by atoms with Gasteiger partial charge in [-0.15, -0.1) is 0 Å². The Morgan fingerprint density at radius 3 is 2.71 bits per heavy atom. The third kappa shape index (κ3) is 4.10. The molecule has 3 N–H and O–H groups in total. The molecular weight excluding hydrogens is 264 g/mol. The number of rotatable bonds is 6. The van der Waals surface area contributed by atoms with Gasteiger partial charge in [-0.2, -0.15) is 5.10 Å². The van der Waals surface area contributed by atoms with Crippen LogP contribution in [0.5, 0.6) is 0 Å².